The van der Waals surface area contributed by atoms with Crippen LogP contribution in [0.25, 0.3) is 0 Å². The van der Waals surface area contributed by atoms with E-state index in [0.29, 0.717) is 53.7 Å². The van der Waals surface area contributed by atoms with Gasteiger partial charge in [-0.1, -0.05) is 53.5 Å². The zero-order chi connectivity index (χ0) is 23.7. The lowest BCUT2D eigenvalue weighted by atomic mass is 9.69. The Bertz CT molecular complexity index is 1240. The zero-order valence-corrected chi connectivity index (χ0v) is 19.8. The molecular weight excluding hydrogens is 473 g/mol. The van der Waals surface area contributed by atoms with E-state index in [2.05, 4.69) is 15.6 Å². The average molecular weight is 496 g/mol. The van der Waals surface area contributed by atoms with Crippen molar-refractivity contribution in [2.45, 2.75) is 43.7 Å². The summed E-state index contributed by atoms with van der Waals surface area (Å²) in [5.41, 5.74) is 2.56. The molecule has 174 valence electrons. The number of hydrogen-bond donors (Lipinski definition) is 2. The van der Waals surface area contributed by atoms with Crippen molar-refractivity contribution in [2.75, 3.05) is 5.32 Å². The van der Waals surface area contributed by atoms with Crippen LogP contribution in [0.1, 0.15) is 47.2 Å². The summed E-state index contributed by atoms with van der Waals surface area (Å²) in [6.45, 7) is 0.444. The van der Waals surface area contributed by atoms with Gasteiger partial charge in [-0.15, -0.1) is 0 Å². The summed E-state index contributed by atoms with van der Waals surface area (Å²) in [5.74, 6) is 0.160. The second-order valence-electron chi connectivity index (χ2n) is 8.72. The molecule has 2 aromatic carbocycles. The van der Waals surface area contributed by atoms with Crippen LogP contribution in [0.3, 0.4) is 0 Å². The van der Waals surface area contributed by atoms with Crippen LogP contribution in [-0.4, -0.2) is 22.9 Å². The first-order valence-corrected chi connectivity index (χ1v) is 12.0. The second-order valence-corrected chi connectivity index (χ2v) is 9.57. The quantitative estimate of drug-likeness (QED) is 0.487. The van der Waals surface area contributed by atoms with Crippen molar-refractivity contribution < 1.29 is 14.3 Å². The largest absolute Gasteiger partial charge is 0.473 e. The molecule has 1 saturated carbocycles. The Balaban J connectivity index is 1.30. The Morgan fingerprint density at radius 2 is 1.88 bits per heavy atom. The summed E-state index contributed by atoms with van der Waals surface area (Å²) in [5, 5.41) is 6.77. The Hall–Kier alpha value is -3.09. The second kappa shape index (κ2) is 9.28. The number of carbonyl (C=O) groups is 2. The minimum atomic E-state index is -0.665. The minimum Gasteiger partial charge on any atom is -0.473 e. The monoisotopic (exact) mass is 495 g/mol. The maximum atomic E-state index is 13.1. The third-order valence-electron chi connectivity index (χ3n) is 6.61. The molecule has 1 spiro atoms. The van der Waals surface area contributed by atoms with E-state index in [1.807, 2.05) is 42.5 Å². The van der Waals surface area contributed by atoms with Crippen molar-refractivity contribution in [1.29, 1.82) is 0 Å². The van der Waals surface area contributed by atoms with Crippen LogP contribution >= 0.6 is 23.2 Å². The molecule has 0 atom stereocenters. The van der Waals surface area contributed by atoms with Crippen molar-refractivity contribution >= 4 is 40.7 Å². The van der Waals surface area contributed by atoms with E-state index in [1.54, 1.807) is 12.1 Å². The molecule has 1 fully saturated rings. The number of fused-ring (bicyclic) bond motifs is 2. The van der Waals surface area contributed by atoms with Gasteiger partial charge < -0.3 is 15.4 Å². The number of amides is 2. The maximum absolute atomic E-state index is 13.1. The average Bonchev–Trinajstić information content (AvgIpc) is 3.11. The first kappa shape index (κ1) is 22.7. The normalized spacial score (nSPS) is 21.1. The Labute approximate surface area is 207 Å². The van der Waals surface area contributed by atoms with E-state index in [-0.39, 0.29) is 17.9 Å². The fourth-order valence-electron chi connectivity index (χ4n) is 4.78. The molecule has 2 aliphatic rings. The Kier molecular flexibility index (Phi) is 6.19. The number of rotatable bonds is 5. The van der Waals surface area contributed by atoms with Gasteiger partial charge in [-0.2, -0.15) is 0 Å². The minimum absolute atomic E-state index is 0.0227. The maximum Gasteiger partial charge on any atom is 0.251 e. The summed E-state index contributed by atoms with van der Waals surface area (Å²) >= 11 is 12.1. The molecule has 8 heteroatoms. The molecule has 1 aromatic heterocycles. The number of carbonyl (C=O) groups excluding carboxylic acids is 2. The standard InChI is InChI=1S/C26H23Cl2N3O3/c27-18-13-21(28)24(30-15-18)34-19-8-10-26(11-9-19)20-12-17(6-7-22(20)31-25(26)33)23(32)29-14-16-4-2-1-3-5-16/h1-7,12-13,15,19H,8-11,14H2,(H,29,32)(H,31,33). The molecule has 0 radical (unpaired) electrons. The van der Waals surface area contributed by atoms with Gasteiger partial charge in [-0.25, -0.2) is 4.98 Å². The number of pyridine rings is 1. The number of hydrogen-bond acceptors (Lipinski definition) is 4. The molecule has 34 heavy (non-hydrogen) atoms. The van der Waals surface area contributed by atoms with Gasteiger partial charge in [0.05, 0.1) is 10.4 Å². The predicted molar refractivity (Wildman–Crippen MR) is 132 cm³/mol. The molecule has 1 aliphatic heterocycles. The number of anilines is 1. The lowest BCUT2D eigenvalue weighted by molar-refractivity contribution is -0.122. The van der Waals surface area contributed by atoms with Gasteiger partial charge in [0.2, 0.25) is 11.8 Å². The highest BCUT2D eigenvalue weighted by Crippen LogP contribution is 2.48. The fourth-order valence-corrected chi connectivity index (χ4v) is 5.20. The fraction of sp³-hybridized carbons (Fsp3) is 0.269. The number of nitrogens with zero attached hydrogens (tertiary/aromatic N) is 1. The number of benzene rings is 2. The van der Waals surface area contributed by atoms with E-state index in [1.165, 1.54) is 6.20 Å². The van der Waals surface area contributed by atoms with E-state index in [9.17, 15) is 9.59 Å². The van der Waals surface area contributed by atoms with Crippen LogP contribution in [0.2, 0.25) is 10.0 Å². The van der Waals surface area contributed by atoms with Crippen LogP contribution in [0.5, 0.6) is 5.88 Å². The van der Waals surface area contributed by atoms with Crippen LogP contribution < -0.4 is 15.4 Å². The van der Waals surface area contributed by atoms with Gasteiger partial charge in [0.1, 0.15) is 11.1 Å². The van der Waals surface area contributed by atoms with Gasteiger partial charge >= 0.3 is 0 Å². The highest BCUT2D eigenvalue weighted by Gasteiger charge is 2.49. The Morgan fingerprint density at radius 3 is 2.62 bits per heavy atom. The number of nitrogens with one attached hydrogen (secondary N) is 2. The molecule has 3 aromatic rings. The number of ether oxygens (including phenoxy) is 1. The number of halogens is 2. The van der Waals surface area contributed by atoms with Gasteiger partial charge in [-0.3, -0.25) is 9.59 Å². The predicted octanol–water partition coefficient (Wildman–Crippen LogP) is 5.53. The smallest absolute Gasteiger partial charge is 0.251 e. The first-order valence-electron chi connectivity index (χ1n) is 11.2. The summed E-state index contributed by atoms with van der Waals surface area (Å²) in [7, 11) is 0. The van der Waals surface area contributed by atoms with Crippen molar-refractivity contribution in [3.8, 4) is 5.88 Å². The van der Waals surface area contributed by atoms with E-state index in [0.717, 1.165) is 16.8 Å². The molecule has 5 rings (SSSR count). The summed E-state index contributed by atoms with van der Waals surface area (Å²) in [4.78, 5) is 30.0. The van der Waals surface area contributed by atoms with Crippen LogP contribution in [0.15, 0.2) is 60.8 Å². The van der Waals surface area contributed by atoms with Crippen molar-refractivity contribution in [3.63, 3.8) is 0 Å². The molecule has 0 unspecified atom stereocenters. The molecular formula is C26H23Cl2N3O3. The van der Waals surface area contributed by atoms with Gasteiger partial charge in [-0.05, 0) is 61.1 Å². The molecule has 1 aliphatic carbocycles. The van der Waals surface area contributed by atoms with E-state index in [4.69, 9.17) is 27.9 Å². The van der Waals surface area contributed by atoms with Crippen molar-refractivity contribution in [3.05, 3.63) is 87.5 Å². The van der Waals surface area contributed by atoms with Gasteiger partial charge in [0.15, 0.2) is 0 Å². The van der Waals surface area contributed by atoms with Gasteiger partial charge in [0, 0.05) is 24.0 Å². The first-order chi connectivity index (χ1) is 16.4. The van der Waals surface area contributed by atoms with Crippen molar-refractivity contribution in [2.24, 2.45) is 0 Å². The highest BCUT2D eigenvalue weighted by molar-refractivity contribution is 6.35. The zero-order valence-electron chi connectivity index (χ0n) is 18.3. The molecule has 2 N–H and O–H groups in total. The Morgan fingerprint density at radius 1 is 1.12 bits per heavy atom. The lowest BCUT2D eigenvalue weighted by Gasteiger charge is -2.35. The third-order valence-corrected chi connectivity index (χ3v) is 7.09. The van der Waals surface area contributed by atoms with Crippen molar-refractivity contribution in [1.82, 2.24) is 10.3 Å². The molecule has 0 bridgehead atoms. The third kappa shape index (κ3) is 4.36. The summed E-state index contributed by atoms with van der Waals surface area (Å²) in [6.07, 6.45) is 3.94. The van der Waals surface area contributed by atoms with Crippen LogP contribution in [-0.2, 0) is 16.8 Å². The molecule has 2 amide bonds. The highest BCUT2D eigenvalue weighted by atomic mass is 35.5. The molecule has 2 heterocycles. The summed E-state index contributed by atoms with van der Waals surface area (Å²) in [6, 6.07) is 16.8. The van der Waals surface area contributed by atoms with Crippen LogP contribution in [0.4, 0.5) is 5.69 Å². The molecule has 0 saturated heterocycles. The number of aromatic nitrogens is 1. The van der Waals surface area contributed by atoms with E-state index < -0.39 is 5.41 Å². The summed E-state index contributed by atoms with van der Waals surface area (Å²) < 4.78 is 6.01. The topological polar surface area (TPSA) is 80.3 Å². The molecule has 6 nitrogen and oxygen atoms in total. The SMILES string of the molecule is O=C(NCc1ccccc1)c1ccc2c(c1)C1(CCC(Oc3ncc(Cl)cc3Cl)CC1)C(=O)N2. The van der Waals surface area contributed by atoms with Crippen LogP contribution in [0, 0.1) is 0 Å². The van der Waals surface area contributed by atoms with Gasteiger partial charge in [0.25, 0.3) is 5.91 Å². The van der Waals surface area contributed by atoms with E-state index >= 15 is 0 Å². The lowest BCUT2D eigenvalue weighted by Crippen LogP contribution is -2.41.